The molecule has 6 nitrogen and oxygen atoms in total. The lowest BCUT2D eigenvalue weighted by Gasteiger charge is -2.32. The van der Waals surface area contributed by atoms with Crippen molar-refractivity contribution in [2.45, 2.75) is 33.6 Å². The third-order valence-electron chi connectivity index (χ3n) is 4.81. The van der Waals surface area contributed by atoms with Crippen molar-refractivity contribution >= 4 is 11.6 Å². The first-order valence-electron chi connectivity index (χ1n) is 8.93. The number of nitrogens with zero attached hydrogens (tertiary/aromatic N) is 1. The van der Waals surface area contributed by atoms with Crippen molar-refractivity contribution in [1.82, 2.24) is 4.98 Å². The third-order valence-corrected chi connectivity index (χ3v) is 4.81. The molecule has 142 valence electrons. The Hall–Kier alpha value is -3.02. The van der Waals surface area contributed by atoms with Crippen LogP contribution in [-0.4, -0.2) is 24.6 Å². The number of carbonyl (C=O) groups is 1. The zero-order chi connectivity index (χ0) is 19.7. The third kappa shape index (κ3) is 3.23. The lowest BCUT2D eigenvalue weighted by Crippen LogP contribution is -2.28. The normalized spacial score (nSPS) is 15.8. The number of nitrogens with one attached hydrogen (secondary N) is 1. The second-order valence-electron chi connectivity index (χ2n) is 6.67. The maximum atomic E-state index is 12.4. The minimum absolute atomic E-state index is 0.428. The van der Waals surface area contributed by atoms with Crippen LogP contribution in [0.5, 0.6) is 11.6 Å². The van der Waals surface area contributed by atoms with Crippen molar-refractivity contribution < 1.29 is 14.3 Å². The fourth-order valence-corrected chi connectivity index (χ4v) is 3.60. The summed E-state index contributed by atoms with van der Waals surface area (Å²) in [7, 11) is 1.62. The molecule has 1 aromatic heterocycles. The van der Waals surface area contributed by atoms with Gasteiger partial charge in [-0.05, 0) is 44.9 Å². The van der Waals surface area contributed by atoms with Gasteiger partial charge in [-0.2, -0.15) is 0 Å². The van der Waals surface area contributed by atoms with E-state index in [-0.39, 0.29) is 0 Å². The Labute approximate surface area is 159 Å². The average Bonchev–Trinajstić information content (AvgIpc) is 2.63. The van der Waals surface area contributed by atoms with Crippen molar-refractivity contribution in [2.24, 2.45) is 5.73 Å². The Bertz CT molecular complexity index is 935. The number of carbonyl (C=O) groups excluding carboxylic acids is 1. The number of amides is 1. The molecule has 6 heteroatoms. The van der Waals surface area contributed by atoms with Crippen molar-refractivity contribution in [3.8, 4) is 11.6 Å². The van der Waals surface area contributed by atoms with Crippen LogP contribution in [0.25, 0.3) is 0 Å². The van der Waals surface area contributed by atoms with E-state index in [1.807, 2.05) is 45.9 Å². The quantitative estimate of drug-likeness (QED) is 0.846. The minimum atomic E-state index is -0.484. The van der Waals surface area contributed by atoms with E-state index >= 15 is 0 Å². The number of hydrogen-bond acceptors (Lipinski definition) is 5. The molecule has 1 aliphatic rings. The Morgan fingerprint density at radius 2 is 2.04 bits per heavy atom. The standard InChI is InChI=1S/C21H25N3O3/c1-6-27-21-18-17(14-8-7-11(2)9-15(14)26-5)16(20(22)25)13(4)24-19(18)12(3)10-23-21/h7-10,17,24H,6H2,1-5H3,(H2,22,25)/t17-/m1/s1. The predicted octanol–water partition coefficient (Wildman–Crippen LogP) is 3.42. The smallest absolute Gasteiger partial charge is 0.247 e. The number of anilines is 1. The van der Waals surface area contributed by atoms with Gasteiger partial charge in [0, 0.05) is 23.0 Å². The number of nitrogens with two attached hydrogens (primary N) is 1. The summed E-state index contributed by atoms with van der Waals surface area (Å²) in [4.78, 5) is 16.9. The Balaban J connectivity index is 2.37. The summed E-state index contributed by atoms with van der Waals surface area (Å²) in [5.74, 6) is 0.276. The monoisotopic (exact) mass is 367 g/mol. The van der Waals surface area contributed by atoms with E-state index in [0.717, 1.165) is 33.6 Å². The fourth-order valence-electron chi connectivity index (χ4n) is 3.60. The average molecular weight is 367 g/mol. The molecule has 27 heavy (non-hydrogen) atoms. The molecule has 1 amide bonds. The van der Waals surface area contributed by atoms with Crippen molar-refractivity contribution in [2.75, 3.05) is 19.0 Å². The number of allylic oxidation sites excluding steroid dienone is 1. The summed E-state index contributed by atoms with van der Waals surface area (Å²) in [5, 5.41) is 3.32. The van der Waals surface area contributed by atoms with Gasteiger partial charge in [0.15, 0.2) is 0 Å². The Kier molecular flexibility index (Phi) is 5.08. The highest BCUT2D eigenvalue weighted by molar-refractivity contribution is 5.98. The fraction of sp³-hybridized carbons (Fsp3) is 0.333. The highest BCUT2D eigenvalue weighted by Gasteiger charge is 2.36. The number of pyridine rings is 1. The number of aryl methyl sites for hydroxylation is 2. The van der Waals surface area contributed by atoms with Crippen molar-refractivity contribution in [3.63, 3.8) is 0 Å². The second-order valence-corrected chi connectivity index (χ2v) is 6.67. The number of rotatable bonds is 5. The van der Waals surface area contributed by atoms with E-state index in [0.29, 0.717) is 23.8 Å². The van der Waals surface area contributed by atoms with E-state index in [4.69, 9.17) is 15.2 Å². The topological polar surface area (TPSA) is 86.5 Å². The van der Waals surface area contributed by atoms with Gasteiger partial charge in [-0.1, -0.05) is 12.1 Å². The summed E-state index contributed by atoms with van der Waals surface area (Å²) in [5.41, 5.74) is 11.6. The molecular formula is C21H25N3O3. The molecule has 1 atom stereocenters. The number of methoxy groups -OCH3 is 1. The molecule has 0 radical (unpaired) electrons. The molecular weight excluding hydrogens is 342 g/mol. The molecule has 0 saturated carbocycles. The molecule has 0 saturated heterocycles. The first-order chi connectivity index (χ1) is 12.9. The Morgan fingerprint density at radius 3 is 2.67 bits per heavy atom. The van der Waals surface area contributed by atoms with Gasteiger partial charge in [0.2, 0.25) is 11.8 Å². The maximum absolute atomic E-state index is 12.4. The van der Waals surface area contributed by atoms with Crippen LogP contribution in [0.15, 0.2) is 35.7 Å². The van der Waals surface area contributed by atoms with Crippen molar-refractivity contribution in [1.29, 1.82) is 0 Å². The summed E-state index contributed by atoms with van der Waals surface area (Å²) in [6.45, 7) is 8.20. The molecule has 2 aromatic rings. The van der Waals surface area contributed by atoms with Gasteiger partial charge in [0.05, 0.1) is 30.9 Å². The lowest BCUT2D eigenvalue weighted by molar-refractivity contribution is -0.114. The van der Waals surface area contributed by atoms with Gasteiger partial charge in [-0.3, -0.25) is 4.79 Å². The molecule has 0 spiro atoms. The minimum Gasteiger partial charge on any atom is -0.496 e. The lowest BCUT2D eigenvalue weighted by atomic mass is 9.79. The van der Waals surface area contributed by atoms with Gasteiger partial charge in [0.1, 0.15) is 5.75 Å². The molecule has 0 aliphatic carbocycles. The van der Waals surface area contributed by atoms with Gasteiger partial charge in [-0.25, -0.2) is 4.98 Å². The van der Waals surface area contributed by atoms with Gasteiger partial charge in [0.25, 0.3) is 0 Å². The molecule has 3 N–H and O–H groups in total. The molecule has 2 heterocycles. The van der Waals surface area contributed by atoms with E-state index in [2.05, 4.69) is 10.3 Å². The number of benzene rings is 1. The van der Waals surface area contributed by atoms with Gasteiger partial charge >= 0.3 is 0 Å². The Morgan fingerprint density at radius 1 is 1.30 bits per heavy atom. The van der Waals surface area contributed by atoms with E-state index < -0.39 is 11.8 Å². The number of ether oxygens (including phenoxy) is 2. The maximum Gasteiger partial charge on any atom is 0.247 e. The predicted molar refractivity (Wildman–Crippen MR) is 105 cm³/mol. The van der Waals surface area contributed by atoms with Crippen LogP contribution in [0.3, 0.4) is 0 Å². The first kappa shape index (κ1) is 18.8. The zero-order valence-electron chi connectivity index (χ0n) is 16.3. The summed E-state index contributed by atoms with van der Waals surface area (Å²) in [6.07, 6.45) is 1.77. The van der Waals surface area contributed by atoms with Gasteiger partial charge in [-0.15, -0.1) is 0 Å². The van der Waals surface area contributed by atoms with Crippen LogP contribution in [0, 0.1) is 13.8 Å². The molecule has 3 rings (SSSR count). The number of aromatic nitrogens is 1. The zero-order valence-corrected chi connectivity index (χ0v) is 16.3. The molecule has 0 unspecified atom stereocenters. The second kappa shape index (κ2) is 7.31. The van der Waals surface area contributed by atoms with E-state index in [1.165, 1.54) is 0 Å². The highest BCUT2D eigenvalue weighted by Crippen LogP contribution is 2.48. The first-order valence-corrected chi connectivity index (χ1v) is 8.93. The molecule has 1 aromatic carbocycles. The van der Waals surface area contributed by atoms with Crippen LogP contribution in [-0.2, 0) is 4.79 Å². The van der Waals surface area contributed by atoms with Gasteiger partial charge < -0.3 is 20.5 Å². The number of primary amides is 1. The van der Waals surface area contributed by atoms with E-state index in [9.17, 15) is 4.79 Å². The molecule has 1 aliphatic heterocycles. The van der Waals surface area contributed by atoms with Crippen LogP contribution in [0.1, 0.15) is 42.0 Å². The summed E-state index contributed by atoms with van der Waals surface area (Å²) in [6, 6.07) is 5.92. The summed E-state index contributed by atoms with van der Waals surface area (Å²) < 4.78 is 11.4. The highest BCUT2D eigenvalue weighted by atomic mass is 16.5. The SMILES string of the molecule is CCOc1ncc(C)c2c1[C@H](c1ccc(C)cc1OC)C(C(N)=O)=C(C)N2. The summed E-state index contributed by atoms with van der Waals surface area (Å²) >= 11 is 0. The molecule has 0 bridgehead atoms. The largest absolute Gasteiger partial charge is 0.496 e. The van der Waals surface area contributed by atoms with Crippen LogP contribution >= 0.6 is 0 Å². The van der Waals surface area contributed by atoms with Crippen molar-refractivity contribution in [3.05, 3.63) is 57.9 Å². The molecule has 0 fully saturated rings. The van der Waals surface area contributed by atoms with Crippen LogP contribution in [0.4, 0.5) is 5.69 Å². The van der Waals surface area contributed by atoms with Crippen LogP contribution < -0.4 is 20.5 Å². The number of hydrogen-bond donors (Lipinski definition) is 2. The number of fused-ring (bicyclic) bond motifs is 1. The van der Waals surface area contributed by atoms with E-state index in [1.54, 1.807) is 13.3 Å². The van der Waals surface area contributed by atoms with Crippen LogP contribution in [0.2, 0.25) is 0 Å².